The summed E-state index contributed by atoms with van der Waals surface area (Å²) in [5.74, 6) is 0.0233. The van der Waals surface area contributed by atoms with E-state index in [1.807, 2.05) is 61.6 Å². The van der Waals surface area contributed by atoms with Gasteiger partial charge in [0.1, 0.15) is 0 Å². The molecule has 1 aliphatic rings. The number of para-hydroxylation sites is 1. The van der Waals surface area contributed by atoms with E-state index in [0.29, 0.717) is 19.6 Å². The third-order valence-corrected chi connectivity index (χ3v) is 4.52. The number of aliphatic hydroxyl groups is 1. The van der Waals surface area contributed by atoms with E-state index in [4.69, 9.17) is 0 Å². The Kier molecular flexibility index (Phi) is 5.20. The lowest BCUT2D eigenvalue weighted by Gasteiger charge is -2.40. The van der Waals surface area contributed by atoms with Gasteiger partial charge in [0.2, 0.25) is 5.91 Å². The van der Waals surface area contributed by atoms with Crippen LogP contribution >= 0.6 is 0 Å². The van der Waals surface area contributed by atoms with Crippen molar-refractivity contribution in [1.29, 1.82) is 0 Å². The minimum Gasteiger partial charge on any atom is -0.387 e. The first-order valence-corrected chi connectivity index (χ1v) is 8.70. The minimum atomic E-state index is -0.819. The molecule has 25 heavy (non-hydrogen) atoms. The minimum absolute atomic E-state index is 0.0233. The molecule has 1 fully saturated rings. The number of carbonyl (C=O) groups excluding carboxylic acids is 1. The van der Waals surface area contributed by atoms with Gasteiger partial charge in [0.05, 0.1) is 29.9 Å². The second-order valence-corrected chi connectivity index (χ2v) is 7.14. The number of benzene rings is 1. The molecular formula is C19H26N4O2. The third-order valence-electron chi connectivity index (χ3n) is 4.52. The highest BCUT2D eigenvalue weighted by atomic mass is 16.3. The first-order chi connectivity index (χ1) is 12.0. The molecular weight excluding hydrogens is 316 g/mol. The number of rotatable bonds is 5. The van der Waals surface area contributed by atoms with Gasteiger partial charge in [-0.25, -0.2) is 4.68 Å². The summed E-state index contributed by atoms with van der Waals surface area (Å²) in [5, 5.41) is 15.2. The molecule has 1 N–H and O–H groups in total. The molecule has 1 saturated heterocycles. The predicted octanol–water partition coefficient (Wildman–Crippen LogP) is 1.33. The summed E-state index contributed by atoms with van der Waals surface area (Å²) in [5.41, 5.74) is 0.899. The normalized spacial score (nSPS) is 20.9. The van der Waals surface area contributed by atoms with Gasteiger partial charge in [0.15, 0.2) is 0 Å². The average molecular weight is 342 g/mol. The van der Waals surface area contributed by atoms with E-state index < -0.39 is 5.60 Å². The van der Waals surface area contributed by atoms with Gasteiger partial charge in [-0.15, -0.1) is 0 Å². The van der Waals surface area contributed by atoms with E-state index in [1.165, 1.54) is 0 Å². The fourth-order valence-electron chi connectivity index (χ4n) is 3.49. The fraction of sp³-hybridized carbons (Fsp3) is 0.474. The van der Waals surface area contributed by atoms with Crippen LogP contribution in [0.25, 0.3) is 5.69 Å². The van der Waals surface area contributed by atoms with Crippen LogP contribution in [0.4, 0.5) is 0 Å². The van der Waals surface area contributed by atoms with Crippen LogP contribution in [-0.2, 0) is 11.2 Å². The quantitative estimate of drug-likeness (QED) is 0.890. The highest BCUT2D eigenvalue weighted by Crippen LogP contribution is 2.22. The van der Waals surface area contributed by atoms with E-state index in [9.17, 15) is 9.90 Å². The first-order valence-electron chi connectivity index (χ1n) is 8.70. The van der Waals surface area contributed by atoms with Gasteiger partial charge in [-0.3, -0.25) is 4.79 Å². The SMILES string of the molecule is CN(C)CC1(O)CCCN(C(=O)Cc2ccn(-c3ccccc3)n2)C1. The molecule has 1 atom stereocenters. The van der Waals surface area contributed by atoms with Crippen LogP contribution in [0.1, 0.15) is 18.5 Å². The fourth-order valence-corrected chi connectivity index (χ4v) is 3.49. The van der Waals surface area contributed by atoms with Crippen molar-refractivity contribution in [3.8, 4) is 5.69 Å². The number of likely N-dealkylation sites (N-methyl/N-ethyl adjacent to an activating group) is 1. The summed E-state index contributed by atoms with van der Waals surface area (Å²) in [4.78, 5) is 16.4. The highest BCUT2D eigenvalue weighted by Gasteiger charge is 2.35. The Labute approximate surface area is 148 Å². The van der Waals surface area contributed by atoms with Crippen molar-refractivity contribution in [2.45, 2.75) is 24.9 Å². The van der Waals surface area contributed by atoms with E-state index in [0.717, 1.165) is 24.2 Å². The molecule has 0 radical (unpaired) electrons. The van der Waals surface area contributed by atoms with Gasteiger partial charge < -0.3 is 14.9 Å². The van der Waals surface area contributed by atoms with Gasteiger partial charge in [0.25, 0.3) is 0 Å². The Balaban J connectivity index is 1.63. The molecule has 134 valence electrons. The number of piperidine rings is 1. The van der Waals surface area contributed by atoms with Crippen molar-refractivity contribution in [2.75, 3.05) is 33.7 Å². The molecule has 6 heteroatoms. The molecule has 0 bridgehead atoms. The zero-order chi connectivity index (χ0) is 17.9. The van der Waals surface area contributed by atoms with Gasteiger partial charge in [0, 0.05) is 19.3 Å². The average Bonchev–Trinajstić information content (AvgIpc) is 3.03. The molecule has 1 aromatic carbocycles. The molecule has 0 spiro atoms. The van der Waals surface area contributed by atoms with Crippen LogP contribution in [0, 0.1) is 0 Å². The molecule has 1 amide bonds. The number of hydrogen-bond donors (Lipinski definition) is 1. The second-order valence-electron chi connectivity index (χ2n) is 7.14. The Morgan fingerprint density at radius 3 is 2.76 bits per heavy atom. The van der Waals surface area contributed by atoms with Crippen LogP contribution in [-0.4, -0.2) is 69.9 Å². The van der Waals surface area contributed by atoms with Crippen molar-refractivity contribution < 1.29 is 9.90 Å². The topological polar surface area (TPSA) is 61.6 Å². The maximum absolute atomic E-state index is 12.6. The maximum atomic E-state index is 12.6. The summed E-state index contributed by atoms with van der Waals surface area (Å²) in [6.07, 6.45) is 3.69. The lowest BCUT2D eigenvalue weighted by Crippen LogP contribution is -2.55. The highest BCUT2D eigenvalue weighted by molar-refractivity contribution is 5.78. The molecule has 1 aliphatic heterocycles. The number of aromatic nitrogens is 2. The molecule has 6 nitrogen and oxygen atoms in total. The van der Waals surface area contributed by atoms with Gasteiger partial charge in [-0.05, 0) is 45.1 Å². The monoisotopic (exact) mass is 342 g/mol. The predicted molar refractivity (Wildman–Crippen MR) is 96.6 cm³/mol. The zero-order valence-electron chi connectivity index (χ0n) is 14.9. The van der Waals surface area contributed by atoms with Crippen LogP contribution in [0.15, 0.2) is 42.6 Å². The molecule has 2 heterocycles. The maximum Gasteiger partial charge on any atom is 0.228 e. The van der Waals surface area contributed by atoms with E-state index >= 15 is 0 Å². The lowest BCUT2D eigenvalue weighted by atomic mass is 9.92. The van der Waals surface area contributed by atoms with Crippen molar-refractivity contribution in [3.63, 3.8) is 0 Å². The Bertz CT molecular complexity index is 713. The largest absolute Gasteiger partial charge is 0.387 e. The summed E-state index contributed by atoms with van der Waals surface area (Å²) >= 11 is 0. The third kappa shape index (κ3) is 4.46. The number of hydrogen-bond acceptors (Lipinski definition) is 4. The summed E-state index contributed by atoms with van der Waals surface area (Å²) in [7, 11) is 3.88. The first kappa shape index (κ1) is 17.6. The van der Waals surface area contributed by atoms with Crippen LogP contribution in [0.5, 0.6) is 0 Å². The second kappa shape index (κ2) is 7.37. The van der Waals surface area contributed by atoms with Crippen molar-refractivity contribution in [3.05, 3.63) is 48.3 Å². The smallest absolute Gasteiger partial charge is 0.228 e. The standard InChI is InChI=1S/C19H26N4O2/c1-21(2)14-19(25)10-6-11-22(15-19)18(24)13-16-9-12-23(20-16)17-7-4-3-5-8-17/h3-5,7-9,12,25H,6,10-11,13-15H2,1-2H3. The van der Waals surface area contributed by atoms with Gasteiger partial charge in [-0.2, -0.15) is 5.10 Å². The summed E-state index contributed by atoms with van der Waals surface area (Å²) in [6.45, 7) is 1.66. The number of amides is 1. The summed E-state index contributed by atoms with van der Waals surface area (Å²) < 4.78 is 1.78. The number of β-amino-alcohol motifs (C(OH)–C–C–N with tert-alkyl or cyclic N) is 1. The van der Waals surface area contributed by atoms with Crippen molar-refractivity contribution in [2.24, 2.45) is 0 Å². The number of nitrogens with zero attached hydrogens (tertiary/aromatic N) is 4. The van der Waals surface area contributed by atoms with E-state index in [-0.39, 0.29) is 12.3 Å². The molecule has 2 aromatic rings. The number of likely N-dealkylation sites (tertiary alicyclic amines) is 1. The lowest BCUT2D eigenvalue weighted by molar-refractivity contribution is -0.138. The summed E-state index contributed by atoms with van der Waals surface area (Å²) in [6, 6.07) is 11.7. The Morgan fingerprint density at radius 2 is 2.04 bits per heavy atom. The molecule has 1 unspecified atom stereocenters. The molecule has 0 saturated carbocycles. The van der Waals surface area contributed by atoms with Crippen LogP contribution in [0.3, 0.4) is 0 Å². The zero-order valence-corrected chi connectivity index (χ0v) is 14.9. The van der Waals surface area contributed by atoms with Crippen molar-refractivity contribution >= 4 is 5.91 Å². The Hall–Kier alpha value is -2.18. The van der Waals surface area contributed by atoms with Gasteiger partial charge >= 0.3 is 0 Å². The molecule has 3 rings (SSSR count). The van der Waals surface area contributed by atoms with Crippen LogP contribution < -0.4 is 0 Å². The van der Waals surface area contributed by atoms with Gasteiger partial charge in [-0.1, -0.05) is 18.2 Å². The van der Waals surface area contributed by atoms with E-state index in [2.05, 4.69) is 5.10 Å². The Morgan fingerprint density at radius 1 is 1.28 bits per heavy atom. The van der Waals surface area contributed by atoms with E-state index in [1.54, 1.807) is 9.58 Å². The van der Waals surface area contributed by atoms with Crippen LogP contribution in [0.2, 0.25) is 0 Å². The van der Waals surface area contributed by atoms with Crippen molar-refractivity contribution in [1.82, 2.24) is 19.6 Å². The molecule has 1 aromatic heterocycles. The number of carbonyl (C=O) groups is 1. The molecule has 0 aliphatic carbocycles.